The van der Waals surface area contributed by atoms with Gasteiger partial charge >= 0.3 is 5.97 Å². The number of benzene rings is 2. The number of nitrogens with zero attached hydrogens (tertiary/aromatic N) is 1. The van der Waals surface area contributed by atoms with Gasteiger partial charge in [0, 0.05) is 0 Å². The highest BCUT2D eigenvalue weighted by atomic mass is 16.5. The van der Waals surface area contributed by atoms with Gasteiger partial charge < -0.3 is 4.74 Å². The highest BCUT2D eigenvalue weighted by molar-refractivity contribution is 5.80. The van der Waals surface area contributed by atoms with Gasteiger partial charge in [-0.15, -0.1) is 0 Å². The number of ether oxygens (including phenoxy) is 1. The molecule has 0 radical (unpaired) electrons. The molecule has 0 N–H and O–H groups in total. The molecule has 0 aliphatic heterocycles. The molecule has 3 nitrogen and oxygen atoms in total. The molecule has 30 heavy (non-hydrogen) atoms. The van der Waals surface area contributed by atoms with Crippen LogP contribution in [-0.4, -0.2) is 5.97 Å². The van der Waals surface area contributed by atoms with Crippen molar-refractivity contribution in [1.29, 1.82) is 5.26 Å². The van der Waals surface area contributed by atoms with Crippen molar-refractivity contribution < 1.29 is 9.53 Å². The monoisotopic (exact) mass is 401 g/mol. The summed E-state index contributed by atoms with van der Waals surface area (Å²) in [4.78, 5) is 13.1. The molecule has 3 aliphatic carbocycles. The van der Waals surface area contributed by atoms with Gasteiger partial charge in [-0.2, -0.15) is 5.26 Å². The molecule has 3 aliphatic rings. The molecule has 156 valence electrons. The largest absolute Gasteiger partial charge is 0.426 e. The van der Waals surface area contributed by atoms with Crippen molar-refractivity contribution >= 4 is 5.97 Å². The van der Waals surface area contributed by atoms with Crippen LogP contribution < -0.4 is 4.74 Å². The van der Waals surface area contributed by atoms with Crippen molar-refractivity contribution in [2.24, 2.45) is 10.8 Å². The van der Waals surface area contributed by atoms with Crippen LogP contribution in [0.3, 0.4) is 0 Å². The van der Waals surface area contributed by atoms with Gasteiger partial charge in [0.2, 0.25) is 0 Å². The van der Waals surface area contributed by atoms with E-state index in [4.69, 9.17) is 10.00 Å². The number of carbonyl (C=O) groups is 1. The maximum atomic E-state index is 13.1. The Balaban J connectivity index is 1.37. The van der Waals surface area contributed by atoms with Crippen molar-refractivity contribution in [3.63, 3.8) is 0 Å². The number of fused-ring (bicyclic) bond motifs is 3. The Hall–Kier alpha value is -2.60. The summed E-state index contributed by atoms with van der Waals surface area (Å²) >= 11 is 0. The highest BCUT2D eigenvalue weighted by Gasteiger charge is 2.52. The van der Waals surface area contributed by atoms with Gasteiger partial charge in [-0.25, -0.2) is 0 Å². The highest BCUT2D eigenvalue weighted by Crippen LogP contribution is 2.59. The fourth-order valence-corrected chi connectivity index (χ4v) is 5.36. The SMILES string of the molecule is CCCCCC12CCC(C(=O)Oc3ccc(-c4ccc(C#N)cc4)cc3)(CC1)CC2. The van der Waals surface area contributed by atoms with E-state index in [1.54, 1.807) is 0 Å². The van der Waals surface area contributed by atoms with Crippen LogP contribution in [-0.2, 0) is 4.79 Å². The summed E-state index contributed by atoms with van der Waals surface area (Å²) in [7, 11) is 0. The average molecular weight is 402 g/mol. The van der Waals surface area contributed by atoms with Crippen LogP contribution in [0.2, 0.25) is 0 Å². The van der Waals surface area contributed by atoms with E-state index in [9.17, 15) is 4.79 Å². The standard InChI is InChI=1S/C27H31NO2/c1-2-3-4-13-26-14-17-27(18-15-26,19-16-26)25(29)30-24-11-9-23(10-12-24)22-7-5-21(20-28)6-8-22/h5-12H,2-4,13-19H2,1H3. The molecule has 5 rings (SSSR count). The van der Waals surface area contributed by atoms with Crippen LogP contribution in [0.25, 0.3) is 11.1 Å². The van der Waals surface area contributed by atoms with Gasteiger partial charge in [-0.05, 0) is 85.8 Å². The number of carbonyl (C=O) groups excluding carboxylic acids is 1. The molecule has 0 saturated heterocycles. The van der Waals surface area contributed by atoms with Gasteiger partial charge in [0.1, 0.15) is 5.75 Å². The smallest absolute Gasteiger partial charge is 0.317 e. The molecule has 0 atom stereocenters. The molecule has 2 aromatic rings. The number of hydrogen-bond acceptors (Lipinski definition) is 3. The maximum Gasteiger partial charge on any atom is 0.317 e. The van der Waals surface area contributed by atoms with E-state index >= 15 is 0 Å². The summed E-state index contributed by atoms with van der Waals surface area (Å²) in [6.07, 6.45) is 11.8. The second-order valence-corrected chi connectivity index (χ2v) is 9.34. The second kappa shape index (κ2) is 8.64. The Morgan fingerprint density at radius 2 is 1.47 bits per heavy atom. The molecule has 0 amide bonds. The van der Waals surface area contributed by atoms with Gasteiger partial charge in [-0.3, -0.25) is 4.79 Å². The zero-order chi connectivity index (χ0) is 21.0. The van der Waals surface area contributed by atoms with E-state index in [1.165, 1.54) is 44.9 Å². The summed E-state index contributed by atoms with van der Waals surface area (Å²) in [5.74, 6) is 0.590. The van der Waals surface area contributed by atoms with Crippen LogP contribution in [0, 0.1) is 22.2 Å². The zero-order valence-electron chi connectivity index (χ0n) is 18.0. The number of rotatable bonds is 7. The lowest BCUT2D eigenvalue weighted by Gasteiger charge is -2.52. The molecular weight excluding hydrogens is 370 g/mol. The maximum absolute atomic E-state index is 13.1. The summed E-state index contributed by atoms with van der Waals surface area (Å²) < 4.78 is 5.85. The van der Waals surface area contributed by atoms with Crippen molar-refractivity contribution in [3.05, 3.63) is 54.1 Å². The normalized spacial score (nSPS) is 24.9. The molecule has 0 spiro atoms. The van der Waals surface area contributed by atoms with Crippen LogP contribution in [0.1, 0.15) is 76.7 Å². The van der Waals surface area contributed by atoms with Crippen molar-refractivity contribution in [1.82, 2.24) is 0 Å². The second-order valence-electron chi connectivity index (χ2n) is 9.34. The predicted octanol–water partition coefficient (Wildman–Crippen LogP) is 7.05. The van der Waals surface area contributed by atoms with Crippen LogP contribution in [0.5, 0.6) is 5.75 Å². The third kappa shape index (κ3) is 4.15. The third-order valence-corrected chi connectivity index (χ3v) is 7.56. The van der Waals surface area contributed by atoms with Gasteiger partial charge in [0.05, 0.1) is 17.0 Å². The molecule has 0 heterocycles. The first-order chi connectivity index (χ1) is 14.6. The quantitative estimate of drug-likeness (QED) is 0.284. The van der Waals surface area contributed by atoms with Crippen molar-refractivity contribution in [2.45, 2.75) is 71.1 Å². The fraction of sp³-hybridized carbons (Fsp3) is 0.481. The average Bonchev–Trinajstić information content (AvgIpc) is 2.81. The minimum absolute atomic E-state index is 0.0320. The molecule has 3 fully saturated rings. The zero-order valence-corrected chi connectivity index (χ0v) is 18.0. The summed E-state index contributed by atoms with van der Waals surface area (Å²) in [5.41, 5.74) is 2.98. The summed E-state index contributed by atoms with van der Waals surface area (Å²) in [6.45, 7) is 2.26. The lowest BCUT2D eigenvalue weighted by atomic mass is 9.52. The molecule has 3 heteroatoms. The Kier molecular flexibility index (Phi) is 5.95. The molecule has 3 saturated carbocycles. The molecule has 2 aromatic carbocycles. The van der Waals surface area contributed by atoms with E-state index in [0.717, 1.165) is 30.4 Å². The van der Waals surface area contributed by atoms with E-state index < -0.39 is 0 Å². The number of unbranched alkanes of at least 4 members (excludes halogenated alkanes) is 2. The predicted molar refractivity (Wildman–Crippen MR) is 119 cm³/mol. The Morgan fingerprint density at radius 1 is 0.900 bits per heavy atom. The van der Waals surface area contributed by atoms with Crippen molar-refractivity contribution in [3.8, 4) is 22.9 Å². The first kappa shape index (κ1) is 20.7. The molecule has 2 bridgehead atoms. The van der Waals surface area contributed by atoms with E-state index in [2.05, 4.69) is 13.0 Å². The number of hydrogen-bond donors (Lipinski definition) is 0. The van der Waals surface area contributed by atoms with Crippen LogP contribution in [0.4, 0.5) is 0 Å². The first-order valence-electron chi connectivity index (χ1n) is 11.4. The minimum Gasteiger partial charge on any atom is -0.426 e. The van der Waals surface area contributed by atoms with Gasteiger partial charge in [0.15, 0.2) is 0 Å². The number of esters is 1. The Labute approximate surface area is 180 Å². The minimum atomic E-state index is -0.266. The van der Waals surface area contributed by atoms with Crippen LogP contribution >= 0.6 is 0 Å². The van der Waals surface area contributed by atoms with Crippen molar-refractivity contribution in [2.75, 3.05) is 0 Å². The van der Waals surface area contributed by atoms with Gasteiger partial charge in [0.25, 0.3) is 0 Å². The first-order valence-corrected chi connectivity index (χ1v) is 11.4. The Bertz CT molecular complexity index is 896. The fourth-order valence-electron chi connectivity index (χ4n) is 5.36. The lowest BCUT2D eigenvalue weighted by molar-refractivity contribution is -0.156. The van der Waals surface area contributed by atoms with Gasteiger partial charge in [-0.1, -0.05) is 50.5 Å². The summed E-state index contributed by atoms with van der Waals surface area (Å²) in [6, 6.07) is 17.4. The summed E-state index contributed by atoms with van der Waals surface area (Å²) in [5, 5.41) is 8.94. The van der Waals surface area contributed by atoms with E-state index in [1.807, 2.05) is 48.5 Å². The molecule has 0 unspecified atom stereocenters. The number of nitriles is 1. The molecule has 0 aromatic heterocycles. The lowest BCUT2D eigenvalue weighted by Crippen LogP contribution is -2.47. The topological polar surface area (TPSA) is 50.1 Å². The van der Waals surface area contributed by atoms with Crippen LogP contribution in [0.15, 0.2) is 48.5 Å². The third-order valence-electron chi connectivity index (χ3n) is 7.56. The van der Waals surface area contributed by atoms with E-state index in [-0.39, 0.29) is 11.4 Å². The Morgan fingerprint density at radius 3 is 2.00 bits per heavy atom. The van der Waals surface area contributed by atoms with E-state index in [0.29, 0.717) is 16.7 Å². The molecular formula is C27H31NO2.